The molecule has 1 heterocycles. The fraction of sp³-hybridized carbons (Fsp3) is 0.500. The van der Waals surface area contributed by atoms with Crippen molar-refractivity contribution in [2.75, 3.05) is 6.61 Å². The van der Waals surface area contributed by atoms with Crippen molar-refractivity contribution in [1.29, 1.82) is 0 Å². The fourth-order valence-corrected chi connectivity index (χ4v) is 2.25. The molecule has 4 N–H and O–H groups in total. The van der Waals surface area contributed by atoms with Gasteiger partial charge in [-0.05, 0) is 24.5 Å². The van der Waals surface area contributed by atoms with E-state index in [0.717, 1.165) is 0 Å². The average molecular weight is 255 g/mol. The van der Waals surface area contributed by atoms with Gasteiger partial charge in [0.05, 0.1) is 6.61 Å². The van der Waals surface area contributed by atoms with Gasteiger partial charge in [0, 0.05) is 5.41 Å². The summed E-state index contributed by atoms with van der Waals surface area (Å²) in [5.41, 5.74) is -0.750. The summed E-state index contributed by atoms with van der Waals surface area (Å²) >= 11 is 0. The third-order valence-electron chi connectivity index (χ3n) is 3.29. The molecule has 0 radical (unpaired) electrons. The number of carboxylic acid groups (broad SMARTS) is 2. The van der Waals surface area contributed by atoms with Crippen LogP contribution in [0.3, 0.4) is 0 Å². The minimum atomic E-state index is -1.24. The predicted molar refractivity (Wildman–Crippen MR) is 63.6 cm³/mol. The van der Waals surface area contributed by atoms with Gasteiger partial charge in [-0.15, -0.1) is 0 Å². The van der Waals surface area contributed by atoms with Crippen molar-refractivity contribution in [3.8, 4) is 0 Å². The number of hydrogen-bond acceptors (Lipinski definition) is 4. The summed E-state index contributed by atoms with van der Waals surface area (Å²) in [6.07, 6.45) is 2.26. The van der Waals surface area contributed by atoms with E-state index in [9.17, 15) is 14.7 Å². The summed E-state index contributed by atoms with van der Waals surface area (Å²) < 4.78 is 0. The lowest BCUT2D eigenvalue weighted by atomic mass is 9.73. The molecule has 6 nitrogen and oxygen atoms in total. The molecule has 1 unspecified atom stereocenters. The van der Waals surface area contributed by atoms with Gasteiger partial charge in [-0.3, -0.25) is 0 Å². The number of nitrogens with one attached hydrogen (secondary N) is 1. The maximum Gasteiger partial charge on any atom is 0.352 e. The highest BCUT2D eigenvalue weighted by Gasteiger charge is 2.38. The smallest absolute Gasteiger partial charge is 0.352 e. The second-order valence-electron chi connectivity index (χ2n) is 4.17. The Morgan fingerprint density at radius 2 is 1.89 bits per heavy atom. The molecule has 0 aromatic carbocycles. The minimum absolute atomic E-state index is 0.145. The van der Waals surface area contributed by atoms with Gasteiger partial charge >= 0.3 is 11.9 Å². The molecule has 0 aliphatic carbocycles. The highest BCUT2D eigenvalue weighted by atomic mass is 16.4. The molecule has 1 atom stereocenters. The van der Waals surface area contributed by atoms with Gasteiger partial charge in [-0.1, -0.05) is 13.8 Å². The van der Waals surface area contributed by atoms with Crippen molar-refractivity contribution in [2.24, 2.45) is 5.41 Å². The van der Waals surface area contributed by atoms with E-state index in [1.807, 2.05) is 0 Å². The van der Waals surface area contributed by atoms with Gasteiger partial charge in [-0.2, -0.15) is 0 Å². The second-order valence-corrected chi connectivity index (χ2v) is 4.17. The van der Waals surface area contributed by atoms with Crippen LogP contribution in [0.15, 0.2) is 23.0 Å². The molecule has 1 aliphatic heterocycles. The van der Waals surface area contributed by atoms with Crippen LogP contribution < -0.4 is 5.32 Å². The molecular formula is C12H17NO5. The number of hydrogen-bond donors (Lipinski definition) is 4. The summed E-state index contributed by atoms with van der Waals surface area (Å²) in [7, 11) is 0. The third-order valence-corrected chi connectivity index (χ3v) is 3.29. The number of aliphatic carboxylic acids is 2. The van der Waals surface area contributed by atoms with Gasteiger partial charge in [0.1, 0.15) is 11.4 Å². The lowest BCUT2D eigenvalue weighted by Crippen LogP contribution is -2.39. The van der Waals surface area contributed by atoms with Crippen LogP contribution in [0, 0.1) is 5.41 Å². The first-order valence-electron chi connectivity index (χ1n) is 5.72. The lowest BCUT2D eigenvalue weighted by Gasteiger charge is -2.35. The quantitative estimate of drug-likeness (QED) is 0.576. The highest BCUT2D eigenvalue weighted by molar-refractivity contribution is 5.93. The van der Waals surface area contributed by atoms with Crippen LogP contribution in [0.25, 0.3) is 0 Å². The summed E-state index contributed by atoms with van der Waals surface area (Å²) in [6, 6.07) is 0. The van der Waals surface area contributed by atoms with E-state index in [1.54, 1.807) is 13.8 Å². The van der Waals surface area contributed by atoms with Crippen molar-refractivity contribution in [3.63, 3.8) is 0 Å². The first kappa shape index (κ1) is 14.2. The van der Waals surface area contributed by atoms with Crippen molar-refractivity contribution < 1.29 is 24.9 Å². The Morgan fingerprint density at radius 1 is 1.28 bits per heavy atom. The lowest BCUT2D eigenvalue weighted by molar-refractivity contribution is -0.133. The van der Waals surface area contributed by atoms with Crippen LogP contribution in [-0.4, -0.2) is 33.9 Å². The van der Waals surface area contributed by atoms with E-state index in [0.29, 0.717) is 18.4 Å². The molecule has 0 saturated carbocycles. The van der Waals surface area contributed by atoms with Crippen LogP contribution >= 0.6 is 0 Å². The molecule has 0 spiro atoms. The standard InChI is InChI=1S/C12H17NO5/c1-3-7-9(11(17)18)13-8(10(15)16)5-12(7,4-2)6-14/h5,13-14H,3-4,6H2,1-2H3,(H,15,16)(H,17,18). The van der Waals surface area contributed by atoms with E-state index in [-0.39, 0.29) is 18.0 Å². The Kier molecular flexibility index (Phi) is 4.13. The number of aliphatic hydroxyl groups is 1. The number of carboxylic acids is 2. The van der Waals surface area contributed by atoms with Crippen LogP contribution in [-0.2, 0) is 9.59 Å². The predicted octanol–water partition coefficient (Wildman–Crippen LogP) is 0.695. The Balaban J connectivity index is 3.43. The first-order valence-corrected chi connectivity index (χ1v) is 5.72. The first-order chi connectivity index (χ1) is 8.41. The number of rotatable bonds is 5. The third kappa shape index (κ3) is 2.24. The van der Waals surface area contributed by atoms with Crippen molar-refractivity contribution in [2.45, 2.75) is 26.7 Å². The summed E-state index contributed by atoms with van der Waals surface area (Å²) in [5.74, 6) is -2.46. The zero-order valence-corrected chi connectivity index (χ0v) is 10.4. The molecule has 0 aromatic heterocycles. The van der Waals surface area contributed by atoms with Crippen molar-refractivity contribution in [1.82, 2.24) is 5.32 Å². The number of carbonyl (C=O) groups is 2. The SMILES string of the molecule is CCC1=C(C(=O)O)NC(C(=O)O)=CC1(CC)CO. The molecule has 1 rings (SSSR count). The van der Waals surface area contributed by atoms with Gasteiger partial charge < -0.3 is 20.6 Å². The second kappa shape index (κ2) is 5.22. The van der Waals surface area contributed by atoms with Crippen molar-refractivity contribution in [3.05, 3.63) is 23.0 Å². The minimum Gasteiger partial charge on any atom is -0.477 e. The monoisotopic (exact) mass is 255 g/mol. The maximum absolute atomic E-state index is 11.2. The molecule has 0 saturated heterocycles. The largest absolute Gasteiger partial charge is 0.477 e. The van der Waals surface area contributed by atoms with E-state index in [4.69, 9.17) is 10.2 Å². The average Bonchev–Trinajstić information content (AvgIpc) is 2.36. The fourth-order valence-electron chi connectivity index (χ4n) is 2.25. The van der Waals surface area contributed by atoms with E-state index >= 15 is 0 Å². The topological polar surface area (TPSA) is 107 Å². The van der Waals surface area contributed by atoms with E-state index in [1.165, 1.54) is 6.08 Å². The van der Waals surface area contributed by atoms with Crippen LogP contribution in [0.5, 0.6) is 0 Å². The zero-order chi connectivity index (χ0) is 13.9. The Morgan fingerprint density at radius 3 is 2.22 bits per heavy atom. The van der Waals surface area contributed by atoms with Crippen LogP contribution in [0.2, 0.25) is 0 Å². The summed E-state index contributed by atoms with van der Waals surface area (Å²) in [6.45, 7) is 3.24. The number of dihydropyridines is 1. The molecule has 100 valence electrons. The Labute approximate surface area is 105 Å². The molecular weight excluding hydrogens is 238 g/mol. The van der Waals surface area contributed by atoms with Gasteiger partial charge in [0.2, 0.25) is 0 Å². The molecule has 0 bridgehead atoms. The Hall–Kier alpha value is -1.82. The summed E-state index contributed by atoms with van der Waals surface area (Å²) in [4.78, 5) is 22.2. The molecule has 0 amide bonds. The summed E-state index contributed by atoms with van der Waals surface area (Å²) in [5, 5.41) is 30.1. The normalized spacial score (nSPS) is 23.4. The van der Waals surface area contributed by atoms with Crippen LogP contribution in [0.4, 0.5) is 0 Å². The maximum atomic E-state index is 11.2. The van der Waals surface area contributed by atoms with Crippen molar-refractivity contribution >= 4 is 11.9 Å². The Bertz CT molecular complexity index is 432. The van der Waals surface area contributed by atoms with Gasteiger partial charge in [-0.25, -0.2) is 9.59 Å². The molecule has 18 heavy (non-hydrogen) atoms. The van der Waals surface area contributed by atoms with Gasteiger partial charge in [0.15, 0.2) is 0 Å². The van der Waals surface area contributed by atoms with Crippen LogP contribution in [0.1, 0.15) is 26.7 Å². The van der Waals surface area contributed by atoms with Gasteiger partial charge in [0.25, 0.3) is 0 Å². The zero-order valence-electron chi connectivity index (χ0n) is 10.4. The molecule has 6 heteroatoms. The molecule has 0 aromatic rings. The molecule has 0 fully saturated rings. The highest BCUT2D eigenvalue weighted by Crippen LogP contribution is 2.39. The molecule has 1 aliphatic rings. The number of aliphatic hydroxyl groups excluding tert-OH is 1. The van der Waals surface area contributed by atoms with E-state index < -0.39 is 17.4 Å². The van der Waals surface area contributed by atoms with E-state index in [2.05, 4.69) is 5.32 Å².